The number of nitrogens with one attached hydrogen (secondary N) is 2. The van der Waals surface area contributed by atoms with Crippen molar-refractivity contribution in [2.75, 3.05) is 5.73 Å². The monoisotopic (exact) mass is 312 g/mol. The zero-order valence-corrected chi connectivity index (χ0v) is 11.7. The summed E-state index contributed by atoms with van der Waals surface area (Å²) >= 11 is 0. The van der Waals surface area contributed by atoms with Gasteiger partial charge in [-0.05, 0) is 18.6 Å². The largest absolute Gasteiger partial charge is 0.393 e. The van der Waals surface area contributed by atoms with E-state index in [2.05, 4.69) is 19.9 Å². The quantitative estimate of drug-likeness (QED) is 0.401. The average molecular weight is 312 g/mol. The number of aromatic amines is 1. The van der Waals surface area contributed by atoms with Crippen molar-refractivity contribution in [1.29, 1.82) is 0 Å². The highest BCUT2D eigenvalue weighted by Gasteiger charge is 2.23. The van der Waals surface area contributed by atoms with Crippen molar-refractivity contribution >= 4 is 21.4 Å². The summed E-state index contributed by atoms with van der Waals surface area (Å²) in [4.78, 5) is 13.7. The highest BCUT2D eigenvalue weighted by atomic mass is 32.2. The van der Waals surface area contributed by atoms with Crippen molar-refractivity contribution in [3.8, 4) is 0 Å². The number of anilines is 1. The number of benzene rings is 1. The number of hydrogen-bond donors (Lipinski definition) is 3. The van der Waals surface area contributed by atoms with E-state index in [9.17, 15) is 18.5 Å². The van der Waals surface area contributed by atoms with E-state index in [0.717, 1.165) is 6.07 Å². The summed E-state index contributed by atoms with van der Waals surface area (Å²) < 4.78 is 26.7. The maximum Gasteiger partial charge on any atom is 0.293 e. The third-order valence-electron chi connectivity index (χ3n) is 2.71. The van der Waals surface area contributed by atoms with Gasteiger partial charge in [0.05, 0.1) is 16.4 Å². The smallest absolute Gasteiger partial charge is 0.293 e. The van der Waals surface area contributed by atoms with Crippen molar-refractivity contribution in [3.05, 3.63) is 40.0 Å². The van der Waals surface area contributed by atoms with Gasteiger partial charge in [-0.2, -0.15) is 5.10 Å². The maximum atomic E-state index is 12.2. The van der Waals surface area contributed by atoms with E-state index < -0.39 is 20.6 Å². The maximum absolute atomic E-state index is 12.2. The predicted molar refractivity (Wildman–Crippen MR) is 72.7 cm³/mol. The van der Waals surface area contributed by atoms with Gasteiger partial charge in [0.2, 0.25) is 10.0 Å². The molecule has 112 valence electrons. The molecule has 1 aromatic carbocycles. The van der Waals surface area contributed by atoms with Crippen molar-refractivity contribution in [1.82, 2.24) is 19.9 Å². The molecule has 11 heteroatoms. The lowest BCUT2D eigenvalue weighted by molar-refractivity contribution is -0.384. The Morgan fingerprint density at radius 3 is 2.76 bits per heavy atom. The number of nitro groups is 1. The van der Waals surface area contributed by atoms with Crippen LogP contribution in [0.3, 0.4) is 0 Å². The van der Waals surface area contributed by atoms with Gasteiger partial charge in [0.15, 0.2) is 0 Å². The van der Waals surface area contributed by atoms with Gasteiger partial charge in [-0.15, -0.1) is 0 Å². The molecule has 0 radical (unpaired) electrons. The molecule has 0 aliphatic heterocycles. The van der Waals surface area contributed by atoms with Crippen LogP contribution in [0.5, 0.6) is 0 Å². The Balaban J connectivity index is 2.35. The molecule has 1 aromatic heterocycles. The van der Waals surface area contributed by atoms with Crippen molar-refractivity contribution in [3.63, 3.8) is 0 Å². The Morgan fingerprint density at radius 1 is 1.48 bits per heavy atom. The summed E-state index contributed by atoms with van der Waals surface area (Å²) in [7, 11) is -3.94. The van der Waals surface area contributed by atoms with Gasteiger partial charge in [-0.1, -0.05) is 0 Å². The first-order valence-corrected chi connectivity index (χ1v) is 7.18. The third-order valence-corrected chi connectivity index (χ3v) is 4.25. The summed E-state index contributed by atoms with van der Waals surface area (Å²) in [5.74, 6) is 0.321. The number of nitrogen functional groups attached to an aromatic ring is 1. The van der Waals surface area contributed by atoms with E-state index in [4.69, 9.17) is 5.73 Å². The number of nitro benzene ring substituents is 1. The number of aryl methyl sites for hydroxylation is 1. The number of sulfonamides is 1. The standard InChI is InChI=1S/C10H12N6O4S/c1-6-2-7(11)8(16(17)18)3-9(6)21(19,20)14-4-10-12-5-13-15-10/h2-3,5,14H,4,11H2,1H3,(H,12,13,15). The lowest BCUT2D eigenvalue weighted by Crippen LogP contribution is -2.24. The van der Waals surface area contributed by atoms with Crippen LogP contribution in [0.2, 0.25) is 0 Å². The Kier molecular flexibility index (Phi) is 3.86. The second kappa shape index (κ2) is 5.46. The summed E-state index contributed by atoms with van der Waals surface area (Å²) in [6.45, 7) is 1.39. The Hall–Kier alpha value is -2.53. The molecule has 0 fully saturated rings. The molecule has 0 spiro atoms. The van der Waals surface area contributed by atoms with E-state index in [0.29, 0.717) is 11.4 Å². The summed E-state index contributed by atoms with van der Waals surface area (Å²) in [6.07, 6.45) is 1.24. The summed E-state index contributed by atoms with van der Waals surface area (Å²) in [5.41, 5.74) is 5.27. The van der Waals surface area contributed by atoms with Gasteiger partial charge in [0.25, 0.3) is 5.69 Å². The number of hydrogen-bond acceptors (Lipinski definition) is 7. The lowest BCUT2D eigenvalue weighted by Gasteiger charge is -2.09. The van der Waals surface area contributed by atoms with E-state index >= 15 is 0 Å². The molecular formula is C10H12N6O4S. The molecule has 0 atom stereocenters. The normalized spacial score (nSPS) is 11.5. The highest BCUT2D eigenvalue weighted by Crippen LogP contribution is 2.28. The second-order valence-corrected chi connectivity index (χ2v) is 5.93. The molecule has 1 heterocycles. The van der Waals surface area contributed by atoms with E-state index in [-0.39, 0.29) is 17.1 Å². The molecule has 2 rings (SSSR count). The topological polar surface area (TPSA) is 157 Å². The number of H-pyrrole nitrogens is 1. The fraction of sp³-hybridized carbons (Fsp3) is 0.200. The number of rotatable bonds is 5. The molecule has 0 saturated carbocycles. The van der Waals surface area contributed by atoms with Crippen molar-refractivity contribution in [2.45, 2.75) is 18.4 Å². The molecule has 0 saturated heterocycles. The molecule has 21 heavy (non-hydrogen) atoms. The van der Waals surface area contributed by atoms with Crippen LogP contribution in [-0.4, -0.2) is 28.5 Å². The van der Waals surface area contributed by atoms with Crippen LogP contribution in [0.15, 0.2) is 23.4 Å². The summed E-state index contributed by atoms with van der Waals surface area (Å²) in [5, 5.41) is 16.9. The van der Waals surface area contributed by atoms with Crippen LogP contribution < -0.4 is 10.5 Å². The molecule has 4 N–H and O–H groups in total. The molecule has 0 amide bonds. The average Bonchev–Trinajstić information content (AvgIpc) is 2.88. The van der Waals surface area contributed by atoms with Crippen LogP contribution in [0.1, 0.15) is 11.4 Å². The first-order chi connectivity index (χ1) is 9.81. The van der Waals surface area contributed by atoms with Gasteiger partial charge >= 0.3 is 0 Å². The van der Waals surface area contributed by atoms with Crippen molar-refractivity contribution < 1.29 is 13.3 Å². The fourth-order valence-corrected chi connectivity index (χ4v) is 2.94. The van der Waals surface area contributed by atoms with Crippen LogP contribution in [-0.2, 0) is 16.6 Å². The molecule has 10 nitrogen and oxygen atoms in total. The van der Waals surface area contributed by atoms with Gasteiger partial charge in [-0.3, -0.25) is 15.2 Å². The van der Waals surface area contributed by atoms with Crippen molar-refractivity contribution in [2.24, 2.45) is 0 Å². The van der Waals surface area contributed by atoms with E-state index in [1.807, 2.05) is 0 Å². The van der Waals surface area contributed by atoms with Gasteiger partial charge in [0, 0.05) is 6.07 Å². The van der Waals surface area contributed by atoms with Crippen LogP contribution >= 0.6 is 0 Å². The zero-order valence-electron chi connectivity index (χ0n) is 10.9. The molecule has 0 aliphatic rings. The SMILES string of the molecule is Cc1cc(N)c([N+](=O)[O-])cc1S(=O)(=O)NCc1ncn[nH]1. The highest BCUT2D eigenvalue weighted by molar-refractivity contribution is 7.89. The Bertz CT molecular complexity index is 771. The number of nitrogens with zero attached hydrogens (tertiary/aromatic N) is 3. The first kappa shape index (κ1) is 14.9. The third kappa shape index (κ3) is 3.14. The first-order valence-electron chi connectivity index (χ1n) is 5.69. The fourth-order valence-electron chi connectivity index (χ4n) is 1.70. The van der Waals surface area contributed by atoms with Gasteiger partial charge in [-0.25, -0.2) is 18.1 Å². The van der Waals surface area contributed by atoms with E-state index in [1.54, 1.807) is 0 Å². The van der Waals surface area contributed by atoms with Gasteiger partial charge in [0.1, 0.15) is 17.8 Å². The van der Waals surface area contributed by atoms with Crippen LogP contribution in [0.4, 0.5) is 11.4 Å². The predicted octanol–water partition coefficient (Wildman–Crippen LogP) is 0.0820. The minimum atomic E-state index is -3.94. The van der Waals surface area contributed by atoms with Crippen LogP contribution in [0.25, 0.3) is 0 Å². The van der Waals surface area contributed by atoms with Crippen LogP contribution in [0, 0.1) is 17.0 Å². The second-order valence-electron chi connectivity index (χ2n) is 4.19. The Morgan fingerprint density at radius 2 is 2.19 bits per heavy atom. The molecule has 2 aromatic rings. The zero-order chi connectivity index (χ0) is 15.6. The van der Waals surface area contributed by atoms with Gasteiger partial charge < -0.3 is 5.73 Å². The molecule has 0 unspecified atom stereocenters. The van der Waals surface area contributed by atoms with E-state index in [1.165, 1.54) is 19.3 Å². The lowest BCUT2D eigenvalue weighted by atomic mass is 10.2. The minimum absolute atomic E-state index is 0.0910. The molecule has 0 bridgehead atoms. The molecule has 0 aliphatic carbocycles. The number of aromatic nitrogens is 3. The molecular weight excluding hydrogens is 300 g/mol. The number of nitrogens with two attached hydrogens (primary N) is 1. The summed E-state index contributed by atoms with van der Waals surface area (Å²) in [6, 6.07) is 2.19. The minimum Gasteiger partial charge on any atom is -0.393 e. The Labute approximate surface area is 119 Å².